The molecule has 1 aromatic rings. The van der Waals surface area contributed by atoms with Crippen molar-refractivity contribution in [2.24, 2.45) is 7.05 Å². The number of anilines is 1. The van der Waals surface area contributed by atoms with Crippen LogP contribution in [0, 0.1) is 6.92 Å². The van der Waals surface area contributed by atoms with Gasteiger partial charge < -0.3 is 10.2 Å². The average Bonchev–Trinajstić information content (AvgIpc) is 2.86. The van der Waals surface area contributed by atoms with E-state index in [0.717, 1.165) is 11.9 Å². The van der Waals surface area contributed by atoms with E-state index in [-0.39, 0.29) is 0 Å². The van der Waals surface area contributed by atoms with E-state index in [1.807, 2.05) is 11.7 Å². The van der Waals surface area contributed by atoms with E-state index in [9.17, 15) is 0 Å². The maximum atomic E-state index is 4.48. The second kappa shape index (κ2) is 4.33. The van der Waals surface area contributed by atoms with E-state index < -0.39 is 0 Å². The number of aryl methyl sites for hydroxylation is 2. The van der Waals surface area contributed by atoms with Crippen molar-refractivity contribution in [1.29, 1.82) is 0 Å². The summed E-state index contributed by atoms with van der Waals surface area (Å²) < 4.78 is 1.94. The Morgan fingerprint density at radius 1 is 1.35 bits per heavy atom. The van der Waals surface area contributed by atoms with Crippen molar-refractivity contribution < 1.29 is 0 Å². The van der Waals surface area contributed by atoms with Gasteiger partial charge in [-0.05, 0) is 39.2 Å². The zero-order chi connectivity index (χ0) is 11.8. The minimum Gasteiger partial charge on any atom is -0.366 e. The molecule has 4 nitrogen and oxygen atoms in total. The van der Waals surface area contributed by atoms with Crippen LogP contribution in [0.2, 0.25) is 0 Å². The molecule has 1 aromatic heterocycles. The Balaban J connectivity index is 1.62. The van der Waals surface area contributed by atoms with E-state index in [4.69, 9.17) is 0 Å². The Bertz CT molecular complexity index is 379. The summed E-state index contributed by atoms with van der Waals surface area (Å²) in [4.78, 5) is 2.65. The normalized spacial score (nSPS) is 29.3. The summed E-state index contributed by atoms with van der Waals surface area (Å²) in [5.74, 6) is 1.04. The van der Waals surface area contributed by atoms with Gasteiger partial charge in [0.05, 0.1) is 0 Å². The van der Waals surface area contributed by atoms with E-state index >= 15 is 0 Å². The average molecular weight is 234 g/mol. The van der Waals surface area contributed by atoms with Crippen LogP contribution in [0.25, 0.3) is 0 Å². The Kier molecular flexibility index (Phi) is 2.82. The summed E-state index contributed by atoms with van der Waals surface area (Å²) >= 11 is 0. The van der Waals surface area contributed by atoms with Crippen LogP contribution in [-0.2, 0) is 7.05 Å². The van der Waals surface area contributed by atoms with Gasteiger partial charge in [0.15, 0.2) is 0 Å². The lowest BCUT2D eigenvalue weighted by molar-refractivity contribution is 0.188. The molecule has 2 aliphatic rings. The molecule has 3 rings (SSSR count). The molecule has 2 aliphatic heterocycles. The maximum absolute atomic E-state index is 4.48. The highest BCUT2D eigenvalue weighted by atomic mass is 15.3. The van der Waals surface area contributed by atoms with Crippen LogP contribution < -0.4 is 5.32 Å². The Morgan fingerprint density at radius 2 is 2.24 bits per heavy atom. The Labute approximate surface area is 103 Å². The SMILES string of the molecule is Cc1cc(NC2CCN3CCCC3C2)nn1C. The molecule has 2 saturated heterocycles. The first-order valence-electron chi connectivity index (χ1n) is 6.73. The molecule has 0 aromatic carbocycles. The third-order valence-electron chi connectivity index (χ3n) is 4.29. The number of rotatable bonds is 2. The smallest absolute Gasteiger partial charge is 0.148 e. The second-order valence-corrected chi connectivity index (χ2v) is 5.49. The third kappa shape index (κ3) is 2.18. The van der Waals surface area contributed by atoms with Crippen LogP contribution in [0.3, 0.4) is 0 Å². The van der Waals surface area contributed by atoms with Crippen LogP contribution in [-0.4, -0.2) is 39.9 Å². The van der Waals surface area contributed by atoms with Gasteiger partial charge >= 0.3 is 0 Å². The number of aromatic nitrogens is 2. The summed E-state index contributed by atoms with van der Waals surface area (Å²) in [5, 5.41) is 8.08. The van der Waals surface area contributed by atoms with Gasteiger partial charge in [0.2, 0.25) is 0 Å². The summed E-state index contributed by atoms with van der Waals surface area (Å²) in [7, 11) is 2.00. The minimum atomic E-state index is 0.614. The van der Waals surface area contributed by atoms with Crippen LogP contribution in [0.4, 0.5) is 5.82 Å². The second-order valence-electron chi connectivity index (χ2n) is 5.49. The molecule has 0 spiro atoms. The third-order valence-corrected chi connectivity index (χ3v) is 4.29. The van der Waals surface area contributed by atoms with Crippen molar-refractivity contribution in [3.05, 3.63) is 11.8 Å². The maximum Gasteiger partial charge on any atom is 0.148 e. The highest BCUT2D eigenvalue weighted by molar-refractivity contribution is 5.36. The highest BCUT2D eigenvalue weighted by Crippen LogP contribution is 2.28. The molecule has 4 heteroatoms. The molecule has 2 fully saturated rings. The van der Waals surface area contributed by atoms with E-state index in [1.54, 1.807) is 0 Å². The van der Waals surface area contributed by atoms with Gasteiger partial charge in [-0.25, -0.2) is 0 Å². The van der Waals surface area contributed by atoms with Crippen molar-refractivity contribution in [2.45, 2.75) is 44.7 Å². The molecular weight excluding hydrogens is 212 g/mol. The Hall–Kier alpha value is -1.03. The molecule has 3 heterocycles. The van der Waals surface area contributed by atoms with Crippen molar-refractivity contribution in [1.82, 2.24) is 14.7 Å². The summed E-state index contributed by atoms with van der Waals surface area (Å²) in [5.41, 5.74) is 1.21. The fourth-order valence-corrected chi connectivity index (χ4v) is 3.20. The predicted molar refractivity (Wildman–Crippen MR) is 69.2 cm³/mol. The quantitative estimate of drug-likeness (QED) is 0.846. The van der Waals surface area contributed by atoms with E-state index in [1.165, 1.54) is 44.5 Å². The van der Waals surface area contributed by atoms with Crippen LogP contribution >= 0.6 is 0 Å². The molecule has 1 N–H and O–H groups in total. The van der Waals surface area contributed by atoms with Crippen LogP contribution in [0.5, 0.6) is 0 Å². The lowest BCUT2D eigenvalue weighted by Gasteiger charge is -2.35. The van der Waals surface area contributed by atoms with Crippen molar-refractivity contribution >= 4 is 5.82 Å². The number of nitrogens with one attached hydrogen (secondary N) is 1. The fourth-order valence-electron chi connectivity index (χ4n) is 3.20. The fraction of sp³-hybridized carbons (Fsp3) is 0.769. The van der Waals surface area contributed by atoms with Gasteiger partial charge in [0.1, 0.15) is 5.82 Å². The molecular formula is C13H22N4. The van der Waals surface area contributed by atoms with Crippen molar-refractivity contribution in [3.63, 3.8) is 0 Å². The lowest BCUT2D eigenvalue weighted by atomic mass is 9.98. The number of nitrogens with zero attached hydrogens (tertiary/aromatic N) is 3. The molecule has 94 valence electrons. The summed E-state index contributed by atoms with van der Waals surface area (Å²) in [6.45, 7) is 4.67. The first-order valence-corrected chi connectivity index (χ1v) is 6.73. The minimum absolute atomic E-state index is 0.614. The van der Waals surface area contributed by atoms with E-state index in [2.05, 4.69) is 28.3 Å². The van der Waals surface area contributed by atoms with Gasteiger partial charge in [-0.3, -0.25) is 4.68 Å². The summed E-state index contributed by atoms with van der Waals surface area (Å²) in [6.07, 6.45) is 5.32. The number of hydrogen-bond donors (Lipinski definition) is 1. The highest BCUT2D eigenvalue weighted by Gasteiger charge is 2.31. The van der Waals surface area contributed by atoms with Crippen LogP contribution in [0.1, 0.15) is 31.4 Å². The summed E-state index contributed by atoms with van der Waals surface area (Å²) in [6, 6.07) is 3.58. The topological polar surface area (TPSA) is 33.1 Å². The molecule has 2 atom stereocenters. The molecule has 0 bridgehead atoms. The standard InChI is InChI=1S/C13H22N4/c1-10-8-13(15-16(10)2)14-11-5-7-17-6-3-4-12(17)9-11/h8,11-12H,3-7,9H2,1-2H3,(H,14,15). The number of piperidine rings is 1. The first-order chi connectivity index (χ1) is 8.22. The molecule has 0 aliphatic carbocycles. The number of fused-ring (bicyclic) bond motifs is 1. The molecule has 17 heavy (non-hydrogen) atoms. The van der Waals surface area contributed by atoms with Crippen molar-refractivity contribution in [2.75, 3.05) is 18.4 Å². The Morgan fingerprint density at radius 3 is 3.00 bits per heavy atom. The van der Waals surface area contributed by atoms with E-state index in [0.29, 0.717) is 6.04 Å². The first kappa shape index (κ1) is 11.1. The predicted octanol–water partition coefficient (Wildman–Crippen LogP) is 1.77. The molecule has 2 unspecified atom stereocenters. The number of hydrogen-bond acceptors (Lipinski definition) is 3. The zero-order valence-electron chi connectivity index (χ0n) is 10.8. The molecule has 0 amide bonds. The van der Waals surface area contributed by atoms with Gasteiger partial charge in [-0.1, -0.05) is 0 Å². The largest absolute Gasteiger partial charge is 0.366 e. The van der Waals surface area contributed by atoms with Gasteiger partial charge in [0, 0.05) is 37.4 Å². The van der Waals surface area contributed by atoms with Gasteiger partial charge in [0.25, 0.3) is 0 Å². The van der Waals surface area contributed by atoms with Gasteiger partial charge in [-0.15, -0.1) is 0 Å². The van der Waals surface area contributed by atoms with Gasteiger partial charge in [-0.2, -0.15) is 5.10 Å². The van der Waals surface area contributed by atoms with Crippen LogP contribution in [0.15, 0.2) is 6.07 Å². The monoisotopic (exact) mass is 234 g/mol. The molecule has 0 radical (unpaired) electrons. The van der Waals surface area contributed by atoms with Crippen molar-refractivity contribution in [3.8, 4) is 0 Å². The molecule has 0 saturated carbocycles. The zero-order valence-corrected chi connectivity index (χ0v) is 10.8. The lowest BCUT2D eigenvalue weighted by Crippen LogP contribution is -2.42.